The number of rotatable bonds is 4. The van der Waals surface area contributed by atoms with Crippen LogP contribution >= 0.6 is 0 Å². The van der Waals surface area contributed by atoms with Gasteiger partial charge < -0.3 is 14.8 Å². The topological polar surface area (TPSA) is 50.8 Å². The molecule has 5 nitrogen and oxygen atoms in total. The van der Waals surface area contributed by atoms with E-state index in [1.165, 1.54) is 11.1 Å². The molecule has 2 aliphatic heterocycles. The van der Waals surface area contributed by atoms with Gasteiger partial charge in [-0.3, -0.25) is 9.69 Å². The number of fused-ring (bicyclic) bond motifs is 1. The SMILES string of the molecule is Cc1ccc(NC(=O)CN2CCC[C@@H]2c2ccc3c(c2)OCCO3)c(C)c1. The van der Waals surface area contributed by atoms with Gasteiger partial charge in [0.05, 0.1) is 6.54 Å². The zero-order valence-electron chi connectivity index (χ0n) is 16.0. The number of nitrogens with one attached hydrogen (secondary N) is 1. The van der Waals surface area contributed by atoms with Crippen LogP contribution in [0.3, 0.4) is 0 Å². The first-order valence-electron chi connectivity index (χ1n) is 9.61. The Balaban J connectivity index is 1.44. The van der Waals surface area contributed by atoms with Crippen LogP contribution in [-0.4, -0.2) is 37.1 Å². The molecule has 1 fully saturated rings. The first-order chi connectivity index (χ1) is 13.1. The van der Waals surface area contributed by atoms with E-state index < -0.39 is 0 Å². The van der Waals surface area contributed by atoms with Gasteiger partial charge in [-0.15, -0.1) is 0 Å². The minimum atomic E-state index is 0.0337. The van der Waals surface area contributed by atoms with Gasteiger partial charge in [-0.05, 0) is 62.6 Å². The Morgan fingerprint density at radius 2 is 1.93 bits per heavy atom. The van der Waals surface area contributed by atoms with Gasteiger partial charge in [-0.25, -0.2) is 0 Å². The predicted octanol–water partition coefficient (Wildman–Crippen LogP) is 3.85. The number of carbonyl (C=O) groups excluding carboxylic acids is 1. The molecule has 0 spiro atoms. The second kappa shape index (κ2) is 7.61. The van der Waals surface area contributed by atoms with Crippen LogP contribution in [0.25, 0.3) is 0 Å². The average molecular weight is 366 g/mol. The number of nitrogens with zero attached hydrogens (tertiary/aromatic N) is 1. The summed E-state index contributed by atoms with van der Waals surface area (Å²) in [6.07, 6.45) is 2.15. The van der Waals surface area contributed by atoms with Crippen molar-refractivity contribution in [3.05, 3.63) is 53.1 Å². The van der Waals surface area contributed by atoms with Crippen LogP contribution in [0.1, 0.15) is 35.6 Å². The molecule has 0 aromatic heterocycles. The number of carbonyl (C=O) groups is 1. The number of ether oxygens (including phenoxy) is 2. The zero-order valence-corrected chi connectivity index (χ0v) is 16.0. The van der Waals surface area contributed by atoms with Crippen molar-refractivity contribution in [3.8, 4) is 11.5 Å². The Bertz CT molecular complexity index is 849. The van der Waals surface area contributed by atoms with Crippen molar-refractivity contribution < 1.29 is 14.3 Å². The van der Waals surface area contributed by atoms with Gasteiger partial charge in [-0.2, -0.15) is 0 Å². The highest BCUT2D eigenvalue weighted by Gasteiger charge is 2.28. The minimum Gasteiger partial charge on any atom is -0.486 e. The maximum atomic E-state index is 12.6. The summed E-state index contributed by atoms with van der Waals surface area (Å²) in [6, 6.07) is 12.5. The number of benzene rings is 2. The molecule has 2 heterocycles. The van der Waals surface area contributed by atoms with Gasteiger partial charge in [0.2, 0.25) is 5.91 Å². The first kappa shape index (κ1) is 17.9. The molecule has 0 bridgehead atoms. The number of hydrogen-bond acceptors (Lipinski definition) is 4. The number of aryl methyl sites for hydroxylation is 2. The molecular weight excluding hydrogens is 340 g/mol. The summed E-state index contributed by atoms with van der Waals surface area (Å²) in [7, 11) is 0. The summed E-state index contributed by atoms with van der Waals surface area (Å²) in [4.78, 5) is 14.9. The normalized spacial score (nSPS) is 19.1. The van der Waals surface area contributed by atoms with Crippen LogP contribution in [0, 0.1) is 13.8 Å². The van der Waals surface area contributed by atoms with Crippen molar-refractivity contribution in [3.63, 3.8) is 0 Å². The lowest BCUT2D eigenvalue weighted by Crippen LogP contribution is -2.33. The largest absolute Gasteiger partial charge is 0.486 e. The molecule has 1 saturated heterocycles. The highest BCUT2D eigenvalue weighted by molar-refractivity contribution is 5.93. The molecular formula is C22H26N2O3. The van der Waals surface area contributed by atoms with Crippen LogP contribution in [0.4, 0.5) is 5.69 Å². The van der Waals surface area contributed by atoms with Crippen LogP contribution in [0.2, 0.25) is 0 Å². The molecule has 2 aliphatic rings. The van der Waals surface area contributed by atoms with Gasteiger partial charge >= 0.3 is 0 Å². The third-order valence-corrected chi connectivity index (χ3v) is 5.32. The standard InChI is InChI=1S/C22H26N2O3/c1-15-5-7-18(16(2)12-15)23-22(25)14-24-9-3-4-19(24)17-6-8-20-21(13-17)27-11-10-26-20/h5-8,12-13,19H,3-4,9-11,14H2,1-2H3,(H,23,25)/t19-/m1/s1. The monoisotopic (exact) mass is 366 g/mol. The van der Waals surface area contributed by atoms with E-state index in [-0.39, 0.29) is 11.9 Å². The van der Waals surface area contributed by atoms with Gasteiger partial charge in [0, 0.05) is 11.7 Å². The van der Waals surface area contributed by atoms with E-state index in [1.54, 1.807) is 0 Å². The molecule has 0 aliphatic carbocycles. The lowest BCUT2D eigenvalue weighted by Gasteiger charge is -2.26. The van der Waals surface area contributed by atoms with Crippen LogP contribution in [0.15, 0.2) is 36.4 Å². The van der Waals surface area contributed by atoms with Gasteiger partial charge in [0.15, 0.2) is 11.5 Å². The summed E-state index contributed by atoms with van der Waals surface area (Å²) < 4.78 is 11.3. The molecule has 1 amide bonds. The van der Waals surface area contributed by atoms with Crippen LogP contribution in [0.5, 0.6) is 11.5 Å². The first-order valence-corrected chi connectivity index (χ1v) is 9.61. The van der Waals surface area contributed by atoms with E-state index in [2.05, 4.69) is 35.3 Å². The van der Waals surface area contributed by atoms with Crippen molar-refractivity contribution in [2.45, 2.75) is 32.7 Å². The summed E-state index contributed by atoms with van der Waals surface area (Å²) >= 11 is 0. The summed E-state index contributed by atoms with van der Waals surface area (Å²) in [5.74, 6) is 1.65. The lowest BCUT2D eigenvalue weighted by atomic mass is 10.0. The van der Waals surface area contributed by atoms with E-state index >= 15 is 0 Å². The fraction of sp³-hybridized carbons (Fsp3) is 0.409. The van der Waals surface area contributed by atoms with Crippen molar-refractivity contribution in [2.75, 3.05) is 31.6 Å². The lowest BCUT2D eigenvalue weighted by molar-refractivity contribution is -0.117. The van der Waals surface area contributed by atoms with E-state index in [0.29, 0.717) is 19.8 Å². The van der Waals surface area contributed by atoms with Crippen molar-refractivity contribution in [1.82, 2.24) is 4.90 Å². The zero-order chi connectivity index (χ0) is 18.8. The number of likely N-dealkylation sites (tertiary alicyclic amines) is 1. The Morgan fingerprint density at radius 3 is 2.74 bits per heavy atom. The molecule has 2 aromatic carbocycles. The van der Waals surface area contributed by atoms with E-state index in [9.17, 15) is 4.79 Å². The molecule has 1 N–H and O–H groups in total. The molecule has 2 aromatic rings. The van der Waals surface area contributed by atoms with Crippen LogP contribution in [-0.2, 0) is 4.79 Å². The Labute approximate surface area is 160 Å². The minimum absolute atomic E-state index is 0.0337. The number of hydrogen-bond donors (Lipinski definition) is 1. The third-order valence-electron chi connectivity index (χ3n) is 5.32. The second-order valence-electron chi connectivity index (χ2n) is 7.40. The Hall–Kier alpha value is -2.53. The molecule has 0 unspecified atom stereocenters. The summed E-state index contributed by atoms with van der Waals surface area (Å²) in [5, 5.41) is 3.06. The van der Waals surface area contributed by atoms with Crippen molar-refractivity contribution >= 4 is 11.6 Å². The quantitative estimate of drug-likeness (QED) is 0.893. The molecule has 0 radical (unpaired) electrons. The Morgan fingerprint density at radius 1 is 1.11 bits per heavy atom. The van der Waals surface area contributed by atoms with Gasteiger partial charge in [0.1, 0.15) is 13.2 Å². The number of amides is 1. The highest BCUT2D eigenvalue weighted by atomic mass is 16.6. The molecule has 27 heavy (non-hydrogen) atoms. The van der Waals surface area contributed by atoms with E-state index in [0.717, 1.165) is 42.1 Å². The molecule has 1 atom stereocenters. The fourth-order valence-electron chi connectivity index (χ4n) is 3.99. The van der Waals surface area contributed by atoms with E-state index in [1.807, 2.05) is 25.1 Å². The van der Waals surface area contributed by atoms with Gasteiger partial charge in [-0.1, -0.05) is 23.8 Å². The molecule has 5 heteroatoms. The van der Waals surface area contributed by atoms with Gasteiger partial charge in [0.25, 0.3) is 0 Å². The van der Waals surface area contributed by atoms with Crippen LogP contribution < -0.4 is 14.8 Å². The third kappa shape index (κ3) is 3.93. The predicted molar refractivity (Wildman–Crippen MR) is 106 cm³/mol. The summed E-state index contributed by atoms with van der Waals surface area (Å²) in [6.45, 7) is 6.59. The second-order valence-corrected chi connectivity index (χ2v) is 7.40. The van der Waals surface area contributed by atoms with Crippen molar-refractivity contribution in [1.29, 1.82) is 0 Å². The fourth-order valence-corrected chi connectivity index (χ4v) is 3.99. The molecule has 142 valence electrons. The number of anilines is 1. The highest BCUT2D eigenvalue weighted by Crippen LogP contribution is 2.37. The molecule has 4 rings (SSSR count). The summed E-state index contributed by atoms with van der Waals surface area (Å²) in [5.41, 5.74) is 4.37. The smallest absolute Gasteiger partial charge is 0.238 e. The maximum absolute atomic E-state index is 12.6. The van der Waals surface area contributed by atoms with Crippen molar-refractivity contribution in [2.24, 2.45) is 0 Å². The average Bonchev–Trinajstić information content (AvgIpc) is 3.11. The molecule has 0 saturated carbocycles. The maximum Gasteiger partial charge on any atom is 0.238 e. The van der Waals surface area contributed by atoms with E-state index in [4.69, 9.17) is 9.47 Å². The Kier molecular flexibility index (Phi) is 5.03.